The number of hydrogen-bond donors (Lipinski definition) is 1. The SMILES string of the molecule is CN(C)C(=O)CNC(=O)c1ccc([N+](=O)[O-])c(Cl)c1. The molecule has 0 aliphatic heterocycles. The summed E-state index contributed by atoms with van der Waals surface area (Å²) in [5, 5.41) is 12.8. The molecular weight excluding hydrogens is 274 g/mol. The van der Waals surface area contributed by atoms with Crippen LogP contribution in [0.15, 0.2) is 18.2 Å². The average Bonchev–Trinajstić information content (AvgIpc) is 2.34. The molecule has 0 unspecified atom stereocenters. The van der Waals surface area contributed by atoms with Gasteiger partial charge in [0.1, 0.15) is 5.02 Å². The maximum Gasteiger partial charge on any atom is 0.287 e. The Kier molecular flexibility index (Phi) is 4.82. The summed E-state index contributed by atoms with van der Waals surface area (Å²) in [5.41, 5.74) is -0.121. The summed E-state index contributed by atoms with van der Waals surface area (Å²) in [6.45, 7) is -0.152. The van der Waals surface area contributed by atoms with Gasteiger partial charge in [-0.2, -0.15) is 0 Å². The molecule has 19 heavy (non-hydrogen) atoms. The van der Waals surface area contributed by atoms with Crippen molar-refractivity contribution in [2.45, 2.75) is 0 Å². The first kappa shape index (κ1) is 14.9. The fourth-order valence-corrected chi connectivity index (χ4v) is 1.46. The van der Waals surface area contributed by atoms with Gasteiger partial charge in [0.2, 0.25) is 5.91 Å². The number of benzene rings is 1. The van der Waals surface area contributed by atoms with Crippen molar-refractivity contribution in [3.8, 4) is 0 Å². The highest BCUT2D eigenvalue weighted by atomic mass is 35.5. The lowest BCUT2D eigenvalue weighted by atomic mass is 10.2. The van der Waals surface area contributed by atoms with Crippen LogP contribution in [0.1, 0.15) is 10.4 Å². The maximum absolute atomic E-state index is 11.7. The molecule has 0 heterocycles. The molecule has 0 saturated carbocycles. The highest BCUT2D eigenvalue weighted by Crippen LogP contribution is 2.24. The van der Waals surface area contributed by atoms with Crippen LogP contribution in [-0.4, -0.2) is 42.3 Å². The minimum atomic E-state index is -0.639. The second kappa shape index (κ2) is 6.14. The molecule has 0 aliphatic rings. The van der Waals surface area contributed by atoms with Crippen LogP contribution in [0.2, 0.25) is 5.02 Å². The van der Waals surface area contributed by atoms with Crippen molar-refractivity contribution in [2.75, 3.05) is 20.6 Å². The summed E-state index contributed by atoms with van der Waals surface area (Å²) in [7, 11) is 3.13. The lowest BCUT2D eigenvalue weighted by molar-refractivity contribution is -0.384. The molecule has 0 atom stereocenters. The molecule has 2 amide bonds. The van der Waals surface area contributed by atoms with Crippen LogP contribution in [-0.2, 0) is 4.79 Å². The van der Waals surface area contributed by atoms with Crippen molar-refractivity contribution in [3.63, 3.8) is 0 Å². The number of amides is 2. The van der Waals surface area contributed by atoms with E-state index in [9.17, 15) is 19.7 Å². The molecular formula is C11H12ClN3O4. The number of halogens is 1. The second-order valence-corrected chi connectivity index (χ2v) is 4.30. The smallest absolute Gasteiger partial charge is 0.287 e. The molecule has 7 nitrogen and oxygen atoms in total. The summed E-state index contributed by atoms with van der Waals surface area (Å²) < 4.78 is 0. The fraction of sp³-hybridized carbons (Fsp3) is 0.273. The highest BCUT2D eigenvalue weighted by Gasteiger charge is 2.15. The molecule has 0 spiro atoms. The number of nitrogens with zero attached hydrogens (tertiary/aromatic N) is 2. The summed E-state index contributed by atoms with van der Waals surface area (Å²) in [4.78, 5) is 34.2. The Morgan fingerprint density at radius 3 is 2.53 bits per heavy atom. The van der Waals surface area contributed by atoms with Gasteiger partial charge in [0.25, 0.3) is 11.6 Å². The zero-order chi connectivity index (χ0) is 14.6. The van der Waals surface area contributed by atoms with Crippen LogP contribution < -0.4 is 5.32 Å². The standard InChI is InChI=1S/C11H12ClN3O4/c1-14(2)10(16)6-13-11(17)7-3-4-9(15(18)19)8(12)5-7/h3-5H,6H2,1-2H3,(H,13,17). The zero-order valence-corrected chi connectivity index (χ0v) is 11.1. The monoisotopic (exact) mass is 285 g/mol. The fourth-order valence-electron chi connectivity index (χ4n) is 1.21. The van der Waals surface area contributed by atoms with Crippen LogP contribution in [0.5, 0.6) is 0 Å². The molecule has 0 aromatic heterocycles. The van der Waals surface area contributed by atoms with E-state index in [1.165, 1.54) is 17.0 Å². The van der Waals surface area contributed by atoms with Crippen LogP contribution in [0.25, 0.3) is 0 Å². The van der Waals surface area contributed by atoms with Gasteiger partial charge in [-0.25, -0.2) is 0 Å². The lowest BCUT2D eigenvalue weighted by Gasteiger charge is -2.11. The molecule has 0 aliphatic carbocycles. The van der Waals surface area contributed by atoms with E-state index in [2.05, 4.69) is 5.32 Å². The van der Waals surface area contributed by atoms with Gasteiger partial charge in [-0.1, -0.05) is 11.6 Å². The third-order valence-corrected chi connectivity index (χ3v) is 2.61. The first-order valence-corrected chi connectivity index (χ1v) is 5.63. The van der Waals surface area contributed by atoms with Gasteiger partial charge in [0.15, 0.2) is 0 Å². The number of hydrogen-bond acceptors (Lipinski definition) is 4. The van der Waals surface area contributed by atoms with Crippen LogP contribution >= 0.6 is 11.6 Å². The Morgan fingerprint density at radius 1 is 1.42 bits per heavy atom. The number of rotatable bonds is 4. The molecule has 102 valence electrons. The van der Waals surface area contributed by atoms with Gasteiger partial charge in [-0.05, 0) is 12.1 Å². The molecule has 8 heteroatoms. The summed E-state index contributed by atoms with van der Waals surface area (Å²) in [5.74, 6) is -0.784. The normalized spacial score (nSPS) is 9.84. The average molecular weight is 286 g/mol. The van der Waals surface area contributed by atoms with Crippen LogP contribution in [0.3, 0.4) is 0 Å². The zero-order valence-electron chi connectivity index (χ0n) is 10.3. The number of carbonyl (C=O) groups is 2. The van der Waals surface area contributed by atoms with E-state index in [-0.39, 0.29) is 28.7 Å². The molecule has 0 saturated heterocycles. The van der Waals surface area contributed by atoms with Crippen molar-refractivity contribution in [1.82, 2.24) is 10.2 Å². The maximum atomic E-state index is 11.7. The third kappa shape index (κ3) is 3.92. The third-order valence-electron chi connectivity index (χ3n) is 2.31. The molecule has 1 aromatic rings. The van der Waals surface area contributed by atoms with Crippen LogP contribution in [0, 0.1) is 10.1 Å². The molecule has 1 N–H and O–H groups in total. The van der Waals surface area contributed by atoms with E-state index in [0.717, 1.165) is 6.07 Å². The van der Waals surface area contributed by atoms with Gasteiger partial charge in [0, 0.05) is 25.7 Å². The van der Waals surface area contributed by atoms with Gasteiger partial charge in [0.05, 0.1) is 11.5 Å². The first-order chi connectivity index (χ1) is 8.82. The van der Waals surface area contributed by atoms with Gasteiger partial charge in [-0.3, -0.25) is 19.7 Å². The Hall–Kier alpha value is -2.15. The highest BCUT2D eigenvalue weighted by molar-refractivity contribution is 6.33. The van der Waals surface area contributed by atoms with E-state index in [4.69, 9.17) is 11.6 Å². The predicted molar refractivity (Wildman–Crippen MR) is 69.1 cm³/mol. The predicted octanol–water partition coefficient (Wildman–Crippen LogP) is 1.07. The molecule has 0 bridgehead atoms. The van der Waals surface area contributed by atoms with Gasteiger partial charge < -0.3 is 10.2 Å². The van der Waals surface area contributed by atoms with E-state index < -0.39 is 10.8 Å². The lowest BCUT2D eigenvalue weighted by Crippen LogP contribution is -2.36. The van der Waals surface area contributed by atoms with Crippen molar-refractivity contribution in [1.29, 1.82) is 0 Å². The van der Waals surface area contributed by atoms with Crippen molar-refractivity contribution >= 4 is 29.1 Å². The number of carbonyl (C=O) groups excluding carboxylic acids is 2. The summed E-state index contributed by atoms with van der Waals surface area (Å²) in [6.07, 6.45) is 0. The van der Waals surface area contributed by atoms with E-state index in [1.54, 1.807) is 14.1 Å². The number of nitro benzene ring substituents is 1. The Balaban J connectivity index is 2.76. The van der Waals surface area contributed by atoms with Gasteiger partial charge in [-0.15, -0.1) is 0 Å². The summed E-state index contributed by atoms with van der Waals surface area (Å²) >= 11 is 5.68. The Morgan fingerprint density at radius 2 is 2.05 bits per heavy atom. The Bertz CT molecular complexity index is 531. The number of nitro groups is 1. The molecule has 0 fully saturated rings. The van der Waals surface area contributed by atoms with E-state index in [0.29, 0.717) is 0 Å². The van der Waals surface area contributed by atoms with Crippen molar-refractivity contribution in [2.24, 2.45) is 0 Å². The van der Waals surface area contributed by atoms with Crippen LogP contribution in [0.4, 0.5) is 5.69 Å². The molecule has 1 rings (SSSR count). The number of nitrogens with one attached hydrogen (secondary N) is 1. The minimum Gasteiger partial charge on any atom is -0.347 e. The summed E-state index contributed by atoms with van der Waals surface area (Å²) in [6, 6.07) is 3.61. The van der Waals surface area contributed by atoms with E-state index in [1.807, 2.05) is 0 Å². The van der Waals surface area contributed by atoms with Gasteiger partial charge >= 0.3 is 0 Å². The molecule has 0 radical (unpaired) electrons. The first-order valence-electron chi connectivity index (χ1n) is 5.25. The molecule has 1 aromatic carbocycles. The van der Waals surface area contributed by atoms with E-state index >= 15 is 0 Å². The number of likely N-dealkylation sites (N-methyl/N-ethyl adjacent to an activating group) is 1. The Labute approximate surface area is 114 Å². The largest absolute Gasteiger partial charge is 0.347 e. The van der Waals surface area contributed by atoms with Crippen molar-refractivity contribution < 1.29 is 14.5 Å². The minimum absolute atomic E-state index is 0.128. The van der Waals surface area contributed by atoms with Crippen molar-refractivity contribution in [3.05, 3.63) is 38.9 Å². The topological polar surface area (TPSA) is 92.6 Å². The quantitative estimate of drug-likeness (QED) is 0.661. The second-order valence-electron chi connectivity index (χ2n) is 3.89.